The molecule has 4 nitrogen and oxygen atoms in total. The van der Waals surface area contributed by atoms with Gasteiger partial charge >= 0.3 is 0 Å². The van der Waals surface area contributed by atoms with Crippen molar-refractivity contribution in [2.24, 2.45) is 0 Å². The zero-order valence-electron chi connectivity index (χ0n) is 14.0. The lowest BCUT2D eigenvalue weighted by atomic mass is 10.1. The highest BCUT2D eigenvalue weighted by atomic mass is 35.5. The Morgan fingerprint density at radius 2 is 2.04 bits per heavy atom. The summed E-state index contributed by atoms with van der Waals surface area (Å²) in [7, 11) is 1.61. The van der Waals surface area contributed by atoms with Crippen LogP contribution in [0.25, 0.3) is 0 Å². The Morgan fingerprint density at radius 1 is 1.21 bits per heavy atom. The van der Waals surface area contributed by atoms with Gasteiger partial charge in [0.2, 0.25) is 0 Å². The van der Waals surface area contributed by atoms with Crippen LogP contribution >= 0.6 is 11.6 Å². The van der Waals surface area contributed by atoms with Gasteiger partial charge in [0.15, 0.2) is 0 Å². The molecule has 0 aliphatic carbocycles. The summed E-state index contributed by atoms with van der Waals surface area (Å²) in [6.45, 7) is 3.23. The Bertz CT molecular complexity index is 688. The van der Waals surface area contributed by atoms with E-state index in [1.807, 2.05) is 0 Å². The van der Waals surface area contributed by atoms with Gasteiger partial charge in [-0.05, 0) is 42.8 Å². The highest BCUT2D eigenvalue weighted by molar-refractivity contribution is 6.30. The van der Waals surface area contributed by atoms with Gasteiger partial charge in [-0.2, -0.15) is 0 Å². The summed E-state index contributed by atoms with van der Waals surface area (Å²) in [6, 6.07) is 12.4. The average molecular weight is 348 g/mol. The third-order valence-electron chi connectivity index (χ3n) is 3.52. The zero-order chi connectivity index (χ0) is 17.4. The molecule has 0 aliphatic heterocycles. The predicted octanol–water partition coefficient (Wildman–Crippen LogP) is 4.92. The molecule has 128 valence electrons. The largest absolute Gasteiger partial charge is 0.496 e. The molecule has 1 N–H and O–H groups in total. The Kier molecular flexibility index (Phi) is 7.09. The van der Waals surface area contributed by atoms with Gasteiger partial charge in [0.05, 0.1) is 13.7 Å². The smallest absolute Gasteiger partial charge is 0.255 e. The van der Waals surface area contributed by atoms with Crippen molar-refractivity contribution in [2.45, 2.75) is 26.4 Å². The van der Waals surface area contributed by atoms with Gasteiger partial charge in [0.25, 0.3) is 5.91 Å². The zero-order valence-corrected chi connectivity index (χ0v) is 14.7. The molecule has 0 saturated carbocycles. The van der Waals surface area contributed by atoms with Crippen LogP contribution in [0.1, 0.15) is 35.7 Å². The number of hydrogen-bond donors (Lipinski definition) is 1. The lowest BCUT2D eigenvalue weighted by molar-refractivity contribution is 0.102. The SMILES string of the molecule is CCCCOCc1cc(C(=O)Nc2cccc(Cl)c2)ccc1OC. The van der Waals surface area contributed by atoms with Gasteiger partial charge in [-0.3, -0.25) is 4.79 Å². The van der Waals surface area contributed by atoms with Crippen LogP contribution in [0, 0.1) is 0 Å². The monoisotopic (exact) mass is 347 g/mol. The number of anilines is 1. The first kappa shape index (κ1) is 18.3. The first-order valence-electron chi connectivity index (χ1n) is 7.95. The van der Waals surface area contributed by atoms with Crippen molar-refractivity contribution in [3.8, 4) is 5.75 Å². The van der Waals surface area contributed by atoms with Crippen LogP contribution in [0.5, 0.6) is 5.75 Å². The van der Waals surface area contributed by atoms with Crippen LogP contribution in [0.2, 0.25) is 5.02 Å². The number of carbonyl (C=O) groups is 1. The van der Waals surface area contributed by atoms with Gasteiger partial charge in [0, 0.05) is 28.4 Å². The number of unbranched alkanes of at least 4 members (excludes halogenated alkanes) is 1. The standard InChI is InChI=1S/C19H22ClNO3/c1-3-4-10-24-13-15-11-14(8-9-18(15)23-2)19(22)21-17-7-5-6-16(20)12-17/h5-9,11-12H,3-4,10,13H2,1-2H3,(H,21,22). The van der Waals surface area contributed by atoms with Crippen molar-refractivity contribution >= 4 is 23.2 Å². The number of ether oxygens (including phenoxy) is 2. The van der Waals surface area contributed by atoms with Crippen LogP contribution in [0.3, 0.4) is 0 Å². The van der Waals surface area contributed by atoms with Crippen molar-refractivity contribution < 1.29 is 14.3 Å². The van der Waals surface area contributed by atoms with Crippen LogP contribution in [0.15, 0.2) is 42.5 Å². The molecule has 0 fully saturated rings. The number of carbonyl (C=O) groups excluding carboxylic acids is 1. The summed E-state index contributed by atoms with van der Waals surface area (Å²) in [5, 5.41) is 3.41. The van der Waals surface area contributed by atoms with E-state index in [4.69, 9.17) is 21.1 Å². The topological polar surface area (TPSA) is 47.6 Å². The van der Waals surface area contributed by atoms with E-state index >= 15 is 0 Å². The summed E-state index contributed by atoms with van der Waals surface area (Å²) >= 11 is 5.94. The number of halogens is 1. The third-order valence-corrected chi connectivity index (χ3v) is 3.76. The lowest BCUT2D eigenvalue weighted by Gasteiger charge is -2.12. The average Bonchev–Trinajstić information content (AvgIpc) is 2.58. The highest BCUT2D eigenvalue weighted by Crippen LogP contribution is 2.22. The van der Waals surface area contributed by atoms with E-state index in [1.54, 1.807) is 49.6 Å². The second-order valence-electron chi connectivity index (χ2n) is 5.40. The molecule has 0 atom stereocenters. The fourth-order valence-corrected chi connectivity index (χ4v) is 2.42. The molecule has 0 unspecified atom stereocenters. The van der Waals surface area contributed by atoms with Gasteiger partial charge < -0.3 is 14.8 Å². The first-order valence-corrected chi connectivity index (χ1v) is 8.33. The van der Waals surface area contributed by atoms with Gasteiger partial charge in [-0.25, -0.2) is 0 Å². The molecule has 0 aromatic heterocycles. The number of nitrogens with one attached hydrogen (secondary N) is 1. The molecular weight excluding hydrogens is 326 g/mol. The highest BCUT2D eigenvalue weighted by Gasteiger charge is 2.11. The second-order valence-corrected chi connectivity index (χ2v) is 5.83. The number of benzene rings is 2. The van der Waals surface area contributed by atoms with Crippen molar-refractivity contribution in [3.05, 3.63) is 58.6 Å². The Morgan fingerprint density at radius 3 is 2.75 bits per heavy atom. The molecule has 0 bridgehead atoms. The molecule has 1 amide bonds. The molecular formula is C19H22ClNO3. The van der Waals surface area contributed by atoms with Gasteiger partial charge in [0.1, 0.15) is 5.75 Å². The van der Waals surface area contributed by atoms with E-state index in [1.165, 1.54) is 0 Å². The van der Waals surface area contributed by atoms with E-state index < -0.39 is 0 Å². The summed E-state index contributed by atoms with van der Waals surface area (Å²) in [6.07, 6.45) is 2.09. The molecule has 0 radical (unpaired) electrons. The minimum absolute atomic E-state index is 0.199. The van der Waals surface area contributed by atoms with Crippen LogP contribution < -0.4 is 10.1 Å². The quantitative estimate of drug-likeness (QED) is 0.689. The first-order chi connectivity index (χ1) is 11.6. The molecule has 0 aliphatic rings. The molecule has 2 rings (SSSR count). The van der Waals surface area contributed by atoms with E-state index in [2.05, 4.69) is 12.2 Å². The predicted molar refractivity (Wildman–Crippen MR) is 97.0 cm³/mol. The van der Waals surface area contributed by atoms with Crippen molar-refractivity contribution in [2.75, 3.05) is 19.0 Å². The number of amides is 1. The summed E-state index contributed by atoms with van der Waals surface area (Å²) in [5.74, 6) is 0.514. The van der Waals surface area contributed by atoms with E-state index in [0.717, 1.165) is 18.4 Å². The fourth-order valence-electron chi connectivity index (χ4n) is 2.23. The van der Waals surface area contributed by atoms with E-state index in [0.29, 0.717) is 35.2 Å². The Labute approximate surface area is 147 Å². The minimum atomic E-state index is -0.199. The van der Waals surface area contributed by atoms with Crippen molar-refractivity contribution in [1.82, 2.24) is 0 Å². The van der Waals surface area contributed by atoms with Gasteiger partial charge in [-0.1, -0.05) is 31.0 Å². The molecule has 24 heavy (non-hydrogen) atoms. The number of rotatable bonds is 8. The molecule has 0 spiro atoms. The number of methoxy groups -OCH3 is 1. The molecule has 0 heterocycles. The van der Waals surface area contributed by atoms with E-state index in [9.17, 15) is 4.79 Å². The Hall–Kier alpha value is -2.04. The maximum atomic E-state index is 12.4. The maximum absolute atomic E-state index is 12.4. The molecule has 5 heteroatoms. The van der Waals surface area contributed by atoms with Crippen LogP contribution in [-0.4, -0.2) is 19.6 Å². The molecule has 2 aromatic carbocycles. The maximum Gasteiger partial charge on any atom is 0.255 e. The van der Waals surface area contributed by atoms with Crippen LogP contribution in [0.4, 0.5) is 5.69 Å². The second kappa shape index (κ2) is 9.30. The van der Waals surface area contributed by atoms with E-state index in [-0.39, 0.29) is 5.91 Å². The summed E-state index contributed by atoms with van der Waals surface area (Å²) in [5.41, 5.74) is 2.06. The van der Waals surface area contributed by atoms with Gasteiger partial charge in [-0.15, -0.1) is 0 Å². The fraction of sp³-hybridized carbons (Fsp3) is 0.316. The normalized spacial score (nSPS) is 10.5. The minimum Gasteiger partial charge on any atom is -0.496 e. The Balaban J connectivity index is 2.10. The molecule has 2 aromatic rings. The summed E-state index contributed by atoms with van der Waals surface area (Å²) < 4.78 is 11.0. The lowest BCUT2D eigenvalue weighted by Crippen LogP contribution is -2.12. The third kappa shape index (κ3) is 5.25. The van der Waals surface area contributed by atoms with Crippen LogP contribution in [-0.2, 0) is 11.3 Å². The van der Waals surface area contributed by atoms with Crippen molar-refractivity contribution in [1.29, 1.82) is 0 Å². The molecule has 0 saturated heterocycles. The summed E-state index contributed by atoms with van der Waals surface area (Å²) in [4.78, 5) is 12.4. The number of hydrogen-bond acceptors (Lipinski definition) is 3. The van der Waals surface area contributed by atoms with Crippen molar-refractivity contribution in [3.63, 3.8) is 0 Å².